The number of carbonyl (C=O) groups excluding carboxylic acids is 4. The molecule has 1 aromatic carbocycles. The van der Waals surface area contributed by atoms with Crippen LogP contribution in [-0.4, -0.2) is 46.9 Å². The molecule has 2 heterocycles. The highest BCUT2D eigenvalue weighted by Crippen LogP contribution is 2.28. The Bertz CT molecular complexity index is 1020. The monoisotopic (exact) mass is 448 g/mol. The minimum absolute atomic E-state index is 0.0229. The summed E-state index contributed by atoms with van der Waals surface area (Å²) in [6, 6.07) is 2.48. The molecule has 0 aliphatic carbocycles. The predicted octanol–water partition coefficient (Wildman–Crippen LogP) is 2.72. The number of imide groups is 1. The van der Waals surface area contributed by atoms with Gasteiger partial charge in [0.1, 0.15) is 17.9 Å². The molecule has 1 saturated heterocycles. The van der Waals surface area contributed by atoms with Crippen LogP contribution in [0.25, 0.3) is 0 Å². The number of benzene rings is 1. The van der Waals surface area contributed by atoms with Crippen molar-refractivity contribution in [3.63, 3.8) is 0 Å². The van der Waals surface area contributed by atoms with E-state index in [4.69, 9.17) is 0 Å². The maximum Gasteiger partial charge on any atom is 0.357 e. The maximum absolute atomic E-state index is 14.2. The minimum atomic E-state index is -1.22. The molecule has 1 aliphatic rings. The Kier molecular flexibility index (Phi) is 6.64. The molecule has 0 spiro atoms. The number of aromatic nitrogens is 1. The fourth-order valence-electron chi connectivity index (χ4n) is 3.20. The first-order valence-corrected chi connectivity index (χ1v) is 10.3. The largest absolute Gasteiger partial charge is 0.464 e. The van der Waals surface area contributed by atoms with Crippen LogP contribution in [0.4, 0.5) is 14.3 Å². The number of esters is 1. The van der Waals surface area contributed by atoms with E-state index in [0.29, 0.717) is 0 Å². The van der Waals surface area contributed by atoms with E-state index in [0.717, 1.165) is 16.2 Å². The Balaban J connectivity index is 1.84. The molecular weight excluding hydrogens is 427 g/mol. The first-order chi connectivity index (χ1) is 14.7. The number of urea groups is 1. The van der Waals surface area contributed by atoms with Crippen LogP contribution >= 0.6 is 11.3 Å². The fraction of sp³-hybridized carbons (Fsp3) is 0.350. The number of amides is 4. The van der Waals surface area contributed by atoms with Crippen LogP contribution in [0.1, 0.15) is 42.4 Å². The Morgan fingerprint density at radius 3 is 2.68 bits per heavy atom. The van der Waals surface area contributed by atoms with Crippen molar-refractivity contribution in [2.45, 2.75) is 32.4 Å². The predicted molar refractivity (Wildman–Crippen MR) is 110 cm³/mol. The summed E-state index contributed by atoms with van der Waals surface area (Å²) >= 11 is 1.00. The number of anilines is 1. The van der Waals surface area contributed by atoms with Gasteiger partial charge >= 0.3 is 12.0 Å². The van der Waals surface area contributed by atoms with Crippen LogP contribution in [-0.2, 0) is 14.3 Å². The third kappa shape index (κ3) is 4.71. The number of carbonyl (C=O) groups is 4. The van der Waals surface area contributed by atoms with Gasteiger partial charge in [-0.05, 0) is 18.4 Å². The molecule has 2 unspecified atom stereocenters. The van der Waals surface area contributed by atoms with Gasteiger partial charge in [0.15, 0.2) is 10.8 Å². The number of thiazole rings is 1. The van der Waals surface area contributed by atoms with Gasteiger partial charge in [-0.25, -0.2) is 23.9 Å². The molecule has 0 radical (unpaired) electrons. The first kappa shape index (κ1) is 22.3. The number of halogens is 1. The Labute approximate surface area is 181 Å². The molecule has 2 aromatic rings. The number of hydrogen-bond acceptors (Lipinski definition) is 7. The second-order valence-electron chi connectivity index (χ2n) is 7.28. The number of methoxy groups -OCH3 is 1. The standard InChI is InChI=1S/C20H21FN4O5S/c1-10(2)8-14(16(26)24-19-22-13(9-31-19)18(28)30-3)25-17(27)15(23-20(25)29)11-6-4-5-7-12(11)21/h4-7,9-10,14-15H,8H2,1-3H3,(H,23,29)(H,22,24,26). The quantitative estimate of drug-likeness (QED) is 0.497. The van der Waals surface area contributed by atoms with Crippen molar-refractivity contribution >= 4 is 40.3 Å². The molecule has 2 N–H and O–H groups in total. The summed E-state index contributed by atoms with van der Waals surface area (Å²) in [7, 11) is 1.21. The van der Waals surface area contributed by atoms with E-state index in [9.17, 15) is 23.6 Å². The van der Waals surface area contributed by atoms with E-state index in [-0.39, 0.29) is 28.7 Å². The highest BCUT2D eigenvalue weighted by atomic mass is 32.1. The van der Waals surface area contributed by atoms with Crippen LogP contribution in [0.15, 0.2) is 29.6 Å². The van der Waals surface area contributed by atoms with Crippen molar-refractivity contribution in [3.05, 3.63) is 46.7 Å². The maximum atomic E-state index is 14.2. The van der Waals surface area contributed by atoms with Crippen LogP contribution in [0.2, 0.25) is 0 Å². The van der Waals surface area contributed by atoms with E-state index < -0.39 is 41.7 Å². The number of nitrogens with zero attached hydrogens (tertiary/aromatic N) is 2. The molecule has 1 aliphatic heterocycles. The molecule has 31 heavy (non-hydrogen) atoms. The van der Waals surface area contributed by atoms with Gasteiger partial charge in [-0.3, -0.25) is 9.59 Å². The zero-order valence-electron chi connectivity index (χ0n) is 17.0. The van der Waals surface area contributed by atoms with Gasteiger partial charge < -0.3 is 15.4 Å². The summed E-state index contributed by atoms with van der Waals surface area (Å²) < 4.78 is 18.8. The van der Waals surface area contributed by atoms with Crippen molar-refractivity contribution in [2.75, 3.05) is 12.4 Å². The molecule has 1 fully saturated rings. The third-order valence-corrected chi connectivity index (χ3v) is 5.38. The lowest BCUT2D eigenvalue weighted by atomic mass is 10.0. The normalized spacial score (nSPS) is 16.9. The van der Waals surface area contributed by atoms with Gasteiger partial charge in [0.2, 0.25) is 5.91 Å². The van der Waals surface area contributed by atoms with Crippen LogP contribution in [0, 0.1) is 11.7 Å². The summed E-state index contributed by atoms with van der Waals surface area (Å²) in [6.45, 7) is 3.68. The van der Waals surface area contributed by atoms with E-state index in [1.807, 2.05) is 13.8 Å². The van der Waals surface area contributed by atoms with Gasteiger partial charge in [-0.2, -0.15) is 0 Å². The number of rotatable bonds is 7. The van der Waals surface area contributed by atoms with E-state index in [2.05, 4.69) is 20.4 Å². The van der Waals surface area contributed by atoms with Gasteiger partial charge in [0.05, 0.1) is 7.11 Å². The molecule has 0 saturated carbocycles. The summed E-state index contributed by atoms with van der Waals surface area (Å²) in [6.07, 6.45) is 0.185. The van der Waals surface area contributed by atoms with Crippen LogP contribution in [0.3, 0.4) is 0 Å². The second kappa shape index (κ2) is 9.21. The first-order valence-electron chi connectivity index (χ1n) is 9.45. The number of ether oxygens (including phenoxy) is 1. The zero-order chi connectivity index (χ0) is 22.7. The molecule has 11 heteroatoms. The van der Waals surface area contributed by atoms with Crippen LogP contribution < -0.4 is 10.6 Å². The fourth-order valence-corrected chi connectivity index (χ4v) is 3.89. The van der Waals surface area contributed by atoms with E-state index in [1.165, 1.54) is 30.7 Å². The highest BCUT2D eigenvalue weighted by molar-refractivity contribution is 7.14. The molecule has 3 rings (SSSR count). The summed E-state index contributed by atoms with van der Waals surface area (Å²) in [5.74, 6) is -2.68. The average Bonchev–Trinajstić information content (AvgIpc) is 3.30. The summed E-state index contributed by atoms with van der Waals surface area (Å²) in [4.78, 5) is 54.9. The molecule has 9 nitrogen and oxygen atoms in total. The SMILES string of the molecule is COC(=O)c1csc(NC(=O)C(CC(C)C)N2C(=O)NC(c3ccccc3F)C2=O)n1. The second-order valence-corrected chi connectivity index (χ2v) is 8.13. The number of hydrogen-bond donors (Lipinski definition) is 2. The van der Waals surface area contributed by atoms with Crippen molar-refractivity contribution in [1.29, 1.82) is 0 Å². The lowest BCUT2D eigenvalue weighted by Crippen LogP contribution is -2.48. The topological polar surface area (TPSA) is 118 Å². The Hall–Kier alpha value is -3.34. The average molecular weight is 448 g/mol. The molecule has 2 atom stereocenters. The lowest BCUT2D eigenvalue weighted by Gasteiger charge is -2.25. The Morgan fingerprint density at radius 1 is 1.32 bits per heavy atom. The Morgan fingerprint density at radius 2 is 2.03 bits per heavy atom. The minimum Gasteiger partial charge on any atom is -0.464 e. The zero-order valence-corrected chi connectivity index (χ0v) is 17.9. The van der Waals surface area contributed by atoms with Gasteiger partial charge in [-0.15, -0.1) is 11.3 Å². The summed E-state index contributed by atoms with van der Waals surface area (Å²) in [5, 5.41) is 6.54. The van der Waals surface area contributed by atoms with Gasteiger partial charge in [0.25, 0.3) is 5.91 Å². The van der Waals surface area contributed by atoms with Crippen molar-refractivity contribution in [2.24, 2.45) is 5.92 Å². The van der Waals surface area contributed by atoms with Crippen molar-refractivity contribution in [3.8, 4) is 0 Å². The van der Waals surface area contributed by atoms with Crippen molar-refractivity contribution in [1.82, 2.24) is 15.2 Å². The highest BCUT2D eigenvalue weighted by Gasteiger charge is 2.46. The van der Waals surface area contributed by atoms with E-state index in [1.54, 1.807) is 6.07 Å². The molecular formula is C20H21FN4O5S. The van der Waals surface area contributed by atoms with E-state index >= 15 is 0 Å². The van der Waals surface area contributed by atoms with Gasteiger partial charge in [0, 0.05) is 10.9 Å². The molecule has 0 bridgehead atoms. The third-order valence-electron chi connectivity index (χ3n) is 4.63. The van der Waals surface area contributed by atoms with Crippen molar-refractivity contribution < 1.29 is 28.3 Å². The molecule has 4 amide bonds. The number of nitrogens with one attached hydrogen (secondary N) is 2. The van der Waals surface area contributed by atoms with Crippen LogP contribution in [0.5, 0.6) is 0 Å². The molecule has 1 aromatic heterocycles. The molecule has 164 valence electrons. The summed E-state index contributed by atoms with van der Waals surface area (Å²) in [5.41, 5.74) is 0.0486. The lowest BCUT2D eigenvalue weighted by molar-refractivity contribution is -0.134. The van der Waals surface area contributed by atoms with Gasteiger partial charge in [-0.1, -0.05) is 32.0 Å². The smallest absolute Gasteiger partial charge is 0.357 e.